The van der Waals surface area contributed by atoms with E-state index in [0.717, 1.165) is 12.1 Å². The van der Waals surface area contributed by atoms with Gasteiger partial charge in [-0.25, -0.2) is 0 Å². The average Bonchev–Trinajstić information content (AvgIpc) is 2.36. The summed E-state index contributed by atoms with van der Waals surface area (Å²) in [5, 5.41) is 20.7. The number of alkyl halides is 3. The average molecular weight is 291 g/mol. The molecule has 0 saturated carbocycles. The number of aliphatic hydroxyl groups excluding tert-OH is 1. The number of rotatable bonds is 5. The fourth-order valence-electron chi connectivity index (χ4n) is 1.40. The third kappa shape index (κ3) is 5.18. The van der Waals surface area contributed by atoms with Gasteiger partial charge in [-0.2, -0.15) is 13.2 Å². The van der Waals surface area contributed by atoms with E-state index in [2.05, 4.69) is 5.32 Å². The first kappa shape index (κ1) is 16.5. The number of amides is 1. The molecule has 20 heavy (non-hydrogen) atoms. The second kappa shape index (κ2) is 6.23. The van der Waals surface area contributed by atoms with Crippen LogP contribution in [0.5, 0.6) is 0 Å². The van der Waals surface area contributed by atoms with Crippen LogP contribution in [-0.2, 0) is 17.4 Å². The number of hydrogen-bond donors (Lipinski definition) is 3. The van der Waals surface area contributed by atoms with E-state index < -0.39 is 29.9 Å². The molecule has 0 aliphatic heterocycles. The van der Waals surface area contributed by atoms with Gasteiger partial charge in [-0.3, -0.25) is 4.79 Å². The van der Waals surface area contributed by atoms with E-state index >= 15 is 0 Å². The molecule has 0 aliphatic rings. The zero-order chi connectivity index (χ0) is 15.4. The first-order valence-electron chi connectivity index (χ1n) is 5.90. The molecule has 1 amide bonds. The van der Waals surface area contributed by atoms with Crippen LogP contribution in [0.3, 0.4) is 0 Å². The second-order valence-corrected chi connectivity index (χ2v) is 4.80. The summed E-state index contributed by atoms with van der Waals surface area (Å²) in [6.07, 6.45) is -4.50. The van der Waals surface area contributed by atoms with Gasteiger partial charge >= 0.3 is 6.18 Å². The van der Waals surface area contributed by atoms with E-state index in [0.29, 0.717) is 5.56 Å². The van der Waals surface area contributed by atoms with Crippen LogP contribution in [0.1, 0.15) is 18.1 Å². The number of aliphatic hydroxyl groups is 2. The minimum absolute atomic E-state index is 0.0976. The lowest BCUT2D eigenvalue weighted by molar-refractivity contribution is -0.137. The predicted octanol–water partition coefficient (Wildman–Crippen LogP) is 1.11. The lowest BCUT2D eigenvalue weighted by atomic mass is 10.1. The monoisotopic (exact) mass is 291 g/mol. The van der Waals surface area contributed by atoms with Crippen molar-refractivity contribution in [3.05, 3.63) is 35.4 Å². The van der Waals surface area contributed by atoms with E-state index in [1.165, 1.54) is 19.1 Å². The van der Waals surface area contributed by atoms with Crippen LogP contribution in [0.25, 0.3) is 0 Å². The fourth-order valence-corrected chi connectivity index (χ4v) is 1.40. The highest BCUT2D eigenvalue weighted by atomic mass is 19.4. The molecule has 1 unspecified atom stereocenters. The van der Waals surface area contributed by atoms with Gasteiger partial charge in [0.1, 0.15) is 5.60 Å². The van der Waals surface area contributed by atoms with Crippen molar-refractivity contribution in [1.29, 1.82) is 0 Å². The summed E-state index contributed by atoms with van der Waals surface area (Å²) >= 11 is 0. The maximum atomic E-state index is 12.3. The van der Waals surface area contributed by atoms with Crippen molar-refractivity contribution in [2.45, 2.75) is 25.1 Å². The molecule has 0 saturated heterocycles. The summed E-state index contributed by atoms with van der Waals surface area (Å²) in [5.41, 5.74) is -1.76. The van der Waals surface area contributed by atoms with Gasteiger partial charge in [0.25, 0.3) is 0 Å². The molecular formula is C13H16F3NO3. The third-order valence-electron chi connectivity index (χ3n) is 2.65. The van der Waals surface area contributed by atoms with Crippen LogP contribution < -0.4 is 5.32 Å². The maximum absolute atomic E-state index is 12.3. The molecular weight excluding hydrogens is 275 g/mol. The van der Waals surface area contributed by atoms with Gasteiger partial charge in [0.05, 0.1) is 18.6 Å². The molecule has 0 heterocycles. The zero-order valence-electron chi connectivity index (χ0n) is 10.9. The highest BCUT2D eigenvalue weighted by molar-refractivity contribution is 5.78. The van der Waals surface area contributed by atoms with Crippen LogP contribution >= 0.6 is 0 Å². The molecule has 0 fully saturated rings. The molecule has 0 spiro atoms. The van der Waals surface area contributed by atoms with Crippen molar-refractivity contribution in [3.63, 3.8) is 0 Å². The lowest BCUT2D eigenvalue weighted by Gasteiger charge is -2.20. The Morgan fingerprint density at radius 1 is 1.25 bits per heavy atom. The molecule has 1 aromatic carbocycles. The molecule has 3 N–H and O–H groups in total. The van der Waals surface area contributed by atoms with Crippen molar-refractivity contribution in [2.75, 3.05) is 13.2 Å². The highest BCUT2D eigenvalue weighted by Crippen LogP contribution is 2.29. The lowest BCUT2D eigenvalue weighted by Crippen LogP contribution is -2.43. The summed E-state index contributed by atoms with van der Waals surface area (Å²) in [6.45, 7) is 0.710. The molecule has 0 bridgehead atoms. The van der Waals surface area contributed by atoms with Gasteiger partial charge in [0.2, 0.25) is 5.91 Å². The first-order chi connectivity index (χ1) is 9.14. The normalized spacial score (nSPS) is 14.7. The standard InChI is InChI=1S/C13H16F3NO3/c1-12(20,8-18)7-17-11(19)6-9-2-4-10(5-3-9)13(14,15)16/h2-5,18,20H,6-8H2,1H3,(H,17,19). The second-order valence-electron chi connectivity index (χ2n) is 4.80. The fraction of sp³-hybridized carbons (Fsp3) is 0.462. The summed E-state index contributed by atoms with van der Waals surface area (Å²) in [7, 11) is 0. The molecule has 1 aromatic rings. The van der Waals surface area contributed by atoms with Gasteiger partial charge in [0, 0.05) is 6.54 Å². The van der Waals surface area contributed by atoms with Crippen molar-refractivity contribution in [2.24, 2.45) is 0 Å². The van der Waals surface area contributed by atoms with Crippen molar-refractivity contribution < 1.29 is 28.2 Å². The van der Waals surface area contributed by atoms with E-state index in [-0.39, 0.29) is 13.0 Å². The zero-order valence-corrected chi connectivity index (χ0v) is 10.9. The van der Waals surface area contributed by atoms with Gasteiger partial charge in [-0.15, -0.1) is 0 Å². The van der Waals surface area contributed by atoms with Crippen molar-refractivity contribution in [1.82, 2.24) is 5.32 Å². The largest absolute Gasteiger partial charge is 0.416 e. The number of carbonyl (C=O) groups excluding carboxylic acids is 1. The molecule has 0 aliphatic carbocycles. The van der Waals surface area contributed by atoms with Crippen LogP contribution in [0.2, 0.25) is 0 Å². The highest BCUT2D eigenvalue weighted by Gasteiger charge is 2.30. The number of benzene rings is 1. The van der Waals surface area contributed by atoms with Crippen molar-refractivity contribution in [3.8, 4) is 0 Å². The Bertz CT molecular complexity index is 455. The molecule has 1 atom stereocenters. The molecule has 4 nitrogen and oxygen atoms in total. The Labute approximate surface area is 114 Å². The van der Waals surface area contributed by atoms with Gasteiger partial charge in [0.15, 0.2) is 0 Å². The van der Waals surface area contributed by atoms with Crippen LogP contribution in [0.15, 0.2) is 24.3 Å². The van der Waals surface area contributed by atoms with Gasteiger partial charge < -0.3 is 15.5 Å². The summed E-state index contributed by atoms with van der Waals surface area (Å²) in [5.74, 6) is -0.446. The van der Waals surface area contributed by atoms with Gasteiger partial charge in [-0.05, 0) is 24.6 Å². The predicted molar refractivity (Wildman–Crippen MR) is 65.9 cm³/mol. The number of hydrogen-bond acceptors (Lipinski definition) is 3. The minimum Gasteiger partial charge on any atom is -0.393 e. The Morgan fingerprint density at radius 3 is 2.25 bits per heavy atom. The summed E-state index contributed by atoms with van der Waals surface area (Å²) in [6, 6.07) is 4.28. The van der Waals surface area contributed by atoms with E-state index in [9.17, 15) is 23.1 Å². The van der Waals surface area contributed by atoms with Crippen LogP contribution in [0, 0.1) is 0 Å². The van der Waals surface area contributed by atoms with E-state index in [1.807, 2.05) is 0 Å². The Balaban J connectivity index is 2.55. The summed E-state index contributed by atoms with van der Waals surface area (Å²) in [4.78, 5) is 11.5. The Kier molecular flexibility index (Phi) is 5.13. The third-order valence-corrected chi connectivity index (χ3v) is 2.65. The van der Waals surface area contributed by atoms with Gasteiger partial charge in [-0.1, -0.05) is 12.1 Å². The number of nitrogens with one attached hydrogen (secondary N) is 1. The molecule has 112 valence electrons. The maximum Gasteiger partial charge on any atom is 0.416 e. The van der Waals surface area contributed by atoms with E-state index in [4.69, 9.17) is 5.11 Å². The smallest absolute Gasteiger partial charge is 0.393 e. The first-order valence-corrected chi connectivity index (χ1v) is 5.90. The van der Waals surface area contributed by atoms with Crippen molar-refractivity contribution >= 4 is 5.91 Å². The number of carbonyl (C=O) groups is 1. The van der Waals surface area contributed by atoms with E-state index in [1.54, 1.807) is 0 Å². The topological polar surface area (TPSA) is 69.6 Å². The van der Waals surface area contributed by atoms with Crippen LogP contribution in [-0.4, -0.2) is 34.9 Å². The molecule has 0 radical (unpaired) electrons. The van der Waals surface area contributed by atoms with Crippen LogP contribution in [0.4, 0.5) is 13.2 Å². The minimum atomic E-state index is -4.40. The quantitative estimate of drug-likeness (QED) is 0.761. The summed E-state index contributed by atoms with van der Waals surface area (Å²) < 4.78 is 37.0. The molecule has 7 heteroatoms. The Morgan fingerprint density at radius 2 is 1.80 bits per heavy atom. The molecule has 1 rings (SSSR count). The molecule has 0 aromatic heterocycles. The Hall–Kier alpha value is -1.60. The number of halogens is 3. The SMILES string of the molecule is CC(O)(CO)CNC(=O)Cc1ccc(C(F)(F)F)cc1.